The first-order valence-electron chi connectivity index (χ1n) is 6.55. The standard InChI is InChI=1S/C14H20ClNO3S/c1-10(2)7-8-11(3)16-14(17)12-5-4-6-13(9-12)20(15,18)19/h4-6,9-11H,7-8H2,1-3H3,(H,16,17). The molecule has 1 aromatic carbocycles. The van der Waals surface area contributed by atoms with Crippen molar-refractivity contribution in [2.75, 3.05) is 0 Å². The number of carbonyl (C=O) groups excluding carboxylic acids is 1. The van der Waals surface area contributed by atoms with Crippen LogP contribution < -0.4 is 5.32 Å². The van der Waals surface area contributed by atoms with E-state index in [1.165, 1.54) is 18.2 Å². The molecule has 0 heterocycles. The second kappa shape index (κ2) is 7.09. The molecular formula is C14H20ClNO3S. The predicted octanol–water partition coefficient (Wildman–Crippen LogP) is 3.17. The molecule has 20 heavy (non-hydrogen) atoms. The lowest BCUT2D eigenvalue weighted by Gasteiger charge is -2.15. The van der Waals surface area contributed by atoms with E-state index >= 15 is 0 Å². The van der Waals surface area contributed by atoms with Crippen molar-refractivity contribution in [1.82, 2.24) is 5.32 Å². The average molecular weight is 318 g/mol. The van der Waals surface area contributed by atoms with E-state index in [1.807, 2.05) is 6.92 Å². The average Bonchev–Trinajstić information content (AvgIpc) is 2.35. The fraction of sp³-hybridized carbons (Fsp3) is 0.500. The van der Waals surface area contributed by atoms with Crippen molar-refractivity contribution in [2.24, 2.45) is 5.92 Å². The molecule has 4 nitrogen and oxygen atoms in total. The van der Waals surface area contributed by atoms with E-state index < -0.39 is 9.05 Å². The molecule has 1 rings (SSSR count). The monoisotopic (exact) mass is 317 g/mol. The molecule has 0 aliphatic heterocycles. The highest BCUT2D eigenvalue weighted by Gasteiger charge is 2.14. The van der Waals surface area contributed by atoms with E-state index in [4.69, 9.17) is 10.7 Å². The minimum Gasteiger partial charge on any atom is -0.350 e. The molecule has 0 saturated heterocycles. The van der Waals surface area contributed by atoms with Gasteiger partial charge in [-0.15, -0.1) is 0 Å². The molecule has 1 unspecified atom stereocenters. The molecule has 1 N–H and O–H groups in total. The first kappa shape index (κ1) is 17.0. The maximum Gasteiger partial charge on any atom is 0.261 e. The van der Waals surface area contributed by atoms with Crippen LogP contribution in [-0.4, -0.2) is 20.4 Å². The van der Waals surface area contributed by atoms with Crippen LogP contribution in [0.3, 0.4) is 0 Å². The molecule has 112 valence electrons. The summed E-state index contributed by atoms with van der Waals surface area (Å²) in [6.45, 7) is 6.19. The molecule has 0 radical (unpaired) electrons. The lowest BCUT2D eigenvalue weighted by molar-refractivity contribution is 0.0937. The molecule has 0 spiro atoms. The van der Waals surface area contributed by atoms with Crippen LogP contribution in [0.2, 0.25) is 0 Å². The van der Waals surface area contributed by atoms with Crippen LogP contribution >= 0.6 is 10.7 Å². The van der Waals surface area contributed by atoms with E-state index in [0.717, 1.165) is 12.8 Å². The quantitative estimate of drug-likeness (QED) is 0.820. The third-order valence-corrected chi connectivity index (χ3v) is 4.28. The summed E-state index contributed by atoms with van der Waals surface area (Å²) in [5.41, 5.74) is 0.295. The second-order valence-electron chi connectivity index (χ2n) is 5.31. The Bertz CT molecular complexity index is 570. The van der Waals surface area contributed by atoms with Crippen LogP contribution in [0.4, 0.5) is 0 Å². The molecule has 0 fully saturated rings. The van der Waals surface area contributed by atoms with E-state index in [1.54, 1.807) is 6.07 Å². The number of rotatable bonds is 6. The minimum atomic E-state index is -3.82. The van der Waals surface area contributed by atoms with E-state index in [2.05, 4.69) is 19.2 Å². The van der Waals surface area contributed by atoms with E-state index in [0.29, 0.717) is 11.5 Å². The Hall–Kier alpha value is -1.07. The fourth-order valence-corrected chi connectivity index (χ4v) is 2.55. The summed E-state index contributed by atoms with van der Waals surface area (Å²) in [4.78, 5) is 12.0. The molecule has 6 heteroatoms. The van der Waals surface area contributed by atoms with Gasteiger partial charge in [0.2, 0.25) is 0 Å². The van der Waals surface area contributed by atoms with E-state index in [9.17, 15) is 13.2 Å². The Morgan fingerprint density at radius 3 is 2.45 bits per heavy atom. The van der Waals surface area contributed by atoms with Crippen molar-refractivity contribution >= 4 is 25.6 Å². The van der Waals surface area contributed by atoms with Gasteiger partial charge >= 0.3 is 0 Å². The van der Waals surface area contributed by atoms with Crippen LogP contribution in [0, 0.1) is 5.92 Å². The van der Waals surface area contributed by atoms with Crippen molar-refractivity contribution < 1.29 is 13.2 Å². The SMILES string of the molecule is CC(C)CCC(C)NC(=O)c1cccc(S(=O)(=O)Cl)c1. The van der Waals surface area contributed by atoms with Crippen LogP contribution in [0.25, 0.3) is 0 Å². The van der Waals surface area contributed by atoms with Gasteiger partial charge < -0.3 is 5.32 Å². The summed E-state index contributed by atoms with van der Waals surface area (Å²) in [5.74, 6) is 0.294. The van der Waals surface area contributed by atoms with Crippen molar-refractivity contribution in [3.05, 3.63) is 29.8 Å². The first-order valence-corrected chi connectivity index (χ1v) is 8.86. The van der Waals surface area contributed by atoms with Crippen molar-refractivity contribution in [3.63, 3.8) is 0 Å². The Labute approximate surface area is 124 Å². The summed E-state index contributed by atoms with van der Waals surface area (Å²) >= 11 is 0. The number of amides is 1. The van der Waals surface area contributed by atoms with Gasteiger partial charge in [0.1, 0.15) is 0 Å². The zero-order chi connectivity index (χ0) is 15.3. The van der Waals surface area contributed by atoms with Gasteiger partial charge in [-0.25, -0.2) is 8.42 Å². The maximum absolute atomic E-state index is 12.0. The van der Waals surface area contributed by atoms with Gasteiger partial charge in [-0.2, -0.15) is 0 Å². The van der Waals surface area contributed by atoms with Crippen LogP contribution in [0.15, 0.2) is 29.2 Å². The fourth-order valence-electron chi connectivity index (χ4n) is 1.75. The molecule has 0 bridgehead atoms. The molecule has 0 saturated carbocycles. The molecule has 0 aliphatic rings. The topological polar surface area (TPSA) is 63.2 Å². The summed E-state index contributed by atoms with van der Waals surface area (Å²) < 4.78 is 22.5. The first-order chi connectivity index (χ1) is 9.20. The normalized spacial score (nSPS) is 13.2. The third-order valence-electron chi connectivity index (χ3n) is 2.93. The highest BCUT2D eigenvalue weighted by Crippen LogP contribution is 2.16. The number of benzene rings is 1. The smallest absolute Gasteiger partial charge is 0.261 e. The summed E-state index contributed by atoms with van der Waals surface area (Å²) in [5, 5.41) is 2.85. The van der Waals surface area contributed by atoms with Crippen LogP contribution in [-0.2, 0) is 9.05 Å². The Morgan fingerprint density at radius 1 is 1.25 bits per heavy atom. The Kier molecular flexibility index (Phi) is 6.02. The second-order valence-corrected chi connectivity index (χ2v) is 7.88. The van der Waals surface area contributed by atoms with Crippen LogP contribution in [0.1, 0.15) is 44.0 Å². The number of hydrogen-bond donors (Lipinski definition) is 1. The number of hydrogen-bond acceptors (Lipinski definition) is 3. The maximum atomic E-state index is 12.0. The molecule has 0 aliphatic carbocycles. The molecule has 0 aromatic heterocycles. The number of halogens is 1. The van der Waals surface area contributed by atoms with Gasteiger partial charge in [0.15, 0.2) is 0 Å². The van der Waals surface area contributed by atoms with Gasteiger partial charge in [0, 0.05) is 22.3 Å². The molecule has 1 atom stereocenters. The third kappa shape index (κ3) is 5.51. The Morgan fingerprint density at radius 2 is 1.90 bits per heavy atom. The minimum absolute atomic E-state index is 0.0427. The largest absolute Gasteiger partial charge is 0.350 e. The van der Waals surface area contributed by atoms with E-state index in [-0.39, 0.29) is 16.8 Å². The molecule has 1 amide bonds. The number of carbonyl (C=O) groups is 1. The molecular weight excluding hydrogens is 298 g/mol. The zero-order valence-electron chi connectivity index (χ0n) is 11.9. The summed E-state index contributed by atoms with van der Waals surface area (Å²) in [6, 6.07) is 5.76. The highest BCUT2D eigenvalue weighted by atomic mass is 35.7. The highest BCUT2D eigenvalue weighted by molar-refractivity contribution is 8.13. The van der Waals surface area contributed by atoms with Gasteiger partial charge in [-0.3, -0.25) is 4.79 Å². The van der Waals surface area contributed by atoms with Crippen molar-refractivity contribution in [2.45, 2.75) is 44.6 Å². The van der Waals surface area contributed by atoms with Gasteiger partial charge in [-0.1, -0.05) is 19.9 Å². The Balaban J connectivity index is 2.73. The van der Waals surface area contributed by atoms with Crippen molar-refractivity contribution in [3.8, 4) is 0 Å². The molecule has 1 aromatic rings. The van der Waals surface area contributed by atoms with Crippen molar-refractivity contribution in [1.29, 1.82) is 0 Å². The van der Waals surface area contributed by atoms with Gasteiger partial charge in [-0.05, 0) is 43.9 Å². The predicted molar refractivity (Wildman–Crippen MR) is 80.5 cm³/mol. The lowest BCUT2D eigenvalue weighted by Crippen LogP contribution is -2.32. The summed E-state index contributed by atoms with van der Waals surface area (Å²) in [7, 11) is 1.45. The van der Waals surface area contributed by atoms with Crippen LogP contribution in [0.5, 0.6) is 0 Å². The van der Waals surface area contributed by atoms with Gasteiger partial charge in [0.25, 0.3) is 15.0 Å². The van der Waals surface area contributed by atoms with Gasteiger partial charge in [0.05, 0.1) is 4.90 Å². The summed E-state index contributed by atoms with van der Waals surface area (Å²) in [6.07, 6.45) is 1.91. The lowest BCUT2D eigenvalue weighted by atomic mass is 10.0. The number of nitrogens with one attached hydrogen (secondary N) is 1. The zero-order valence-corrected chi connectivity index (χ0v) is 13.5.